The SMILES string of the molecule is CC(NCC(=O)NC(Cc1ccccc1)c1ccccc1)c1cccs1. The average molecular weight is 365 g/mol. The Bertz CT molecular complexity index is 788. The Labute approximate surface area is 159 Å². The zero-order chi connectivity index (χ0) is 18.2. The van der Waals surface area contributed by atoms with E-state index in [1.807, 2.05) is 42.5 Å². The molecule has 2 aromatic carbocycles. The number of benzene rings is 2. The van der Waals surface area contributed by atoms with Gasteiger partial charge in [0.25, 0.3) is 0 Å². The van der Waals surface area contributed by atoms with Crippen molar-refractivity contribution in [3.8, 4) is 0 Å². The molecule has 26 heavy (non-hydrogen) atoms. The topological polar surface area (TPSA) is 41.1 Å². The van der Waals surface area contributed by atoms with Gasteiger partial charge in [-0.15, -0.1) is 11.3 Å². The molecule has 134 valence electrons. The zero-order valence-electron chi connectivity index (χ0n) is 14.9. The first-order valence-corrected chi connectivity index (χ1v) is 9.75. The van der Waals surface area contributed by atoms with Crippen molar-refractivity contribution in [3.63, 3.8) is 0 Å². The summed E-state index contributed by atoms with van der Waals surface area (Å²) in [4.78, 5) is 13.8. The van der Waals surface area contributed by atoms with Crippen LogP contribution in [0.1, 0.15) is 35.0 Å². The van der Waals surface area contributed by atoms with Gasteiger partial charge in [-0.3, -0.25) is 4.79 Å². The fourth-order valence-corrected chi connectivity index (χ4v) is 3.68. The van der Waals surface area contributed by atoms with E-state index in [1.54, 1.807) is 11.3 Å². The summed E-state index contributed by atoms with van der Waals surface area (Å²) in [6.07, 6.45) is 0.775. The van der Waals surface area contributed by atoms with Gasteiger partial charge in [-0.25, -0.2) is 0 Å². The molecule has 2 unspecified atom stereocenters. The number of hydrogen-bond donors (Lipinski definition) is 2. The summed E-state index contributed by atoms with van der Waals surface area (Å²) in [5, 5.41) is 8.54. The molecule has 0 radical (unpaired) electrons. The van der Waals surface area contributed by atoms with Crippen molar-refractivity contribution in [2.24, 2.45) is 0 Å². The summed E-state index contributed by atoms with van der Waals surface area (Å²) >= 11 is 1.70. The van der Waals surface area contributed by atoms with Crippen LogP contribution in [0.15, 0.2) is 78.2 Å². The first-order chi connectivity index (χ1) is 12.7. The Morgan fingerprint density at radius 1 is 0.962 bits per heavy atom. The normalized spacial score (nSPS) is 13.1. The van der Waals surface area contributed by atoms with Crippen molar-refractivity contribution >= 4 is 17.2 Å². The van der Waals surface area contributed by atoms with Gasteiger partial charge in [-0.2, -0.15) is 0 Å². The smallest absolute Gasteiger partial charge is 0.234 e. The van der Waals surface area contributed by atoms with E-state index in [1.165, 1.54) is 10.4 Å². The van der Waals surface area contributed by atoms with E-state index in [0.717, 1.165) is 12.0 Å². The van der Waals surface area contributed by atoms with Gasteiger partial charge < -0.3 is 10.6 Å². The van der Waals surface area contributed by atoms with Crippen molar-refractivity contribution in [2.45, 2.75) is 25.4 Å². The van der Waals surface area contributed by atoms with Gasteiger partial charge in [-0.05, 0) is 35.9 Å². The standard InChI is InChI=1S/C22H24N2OS/c1-17(21-13-8-14-26-21)23-16-22(25)24-20(19-11-6-3-7-12-19)15-18-9-4-2-5-10-18/h2-14,17,20,23H,15-16H2,1H3,(H,24,25). The molecular formula is C22H24N2OS. The summed E-state index contributed by atoms with van der Waals surface area (Å²) in [5.41, 5.74) is 2.33. The predicted molar refractivity (Wildman–Crippen MR) is 108 cm³/mol. The van der Waals surface area contributed by atoms with Gasteiger partial charge in [0.05, 0.1) is 12.6 Å². The van der Waals surface area contributed by atoms with Crippen molar-refractivity contribution in [1.29, 1.82) is 0 Å². The molecule has 3 aromatic rings. The zero-order valence-corrected chi connectivity index (χ0v) is 15.7. The van der Waals surface area contributed by atoms with Crippen LogP contribution >= 0.6 is 11.3 Å². The van der Waals surface area contributed by atoms with Crippen LogP contribution in [0.3, 0.4) is 0 Å². The monoisotopic (exact) mass is 364 g/mol. The van der Waals surface area contributed by atoms with Crippen LogP contribution < -0.4 is 10.6 Å². The van der Waals surface area contributed by atoms with Gasteiger partial charge in [0.1, 0.15) is 0 Å². The second-order valence-corrected chi connectivity index (χ2v) is 7.32. The summed E-state index contributed by atoms with van der Waals surface area (Å²) in [7, 11) is 0. The fourth-order valence-electron chi connectivity index (χ4n) is 2.92. The molecule has 0 saturated heterocycles. The summed E-state index contributed by atoms with van der Waals surface area (Å²) < 4.78 is 0. The quantitative estimate of drug-likeness (QED) is 0.618. The highest BCUT2D eigenvalue weighted by molar-refractivity contribution is 7.10. The minimum atomic E-state index is -0.0371. The van der Waals surface area contributed by atoms with E-state index < -0.39 is 0 Å². The van der Waals surface area contributed by atoms with Crippen LogP contribution in [0.4, 0.5) is 0 Å². The third kappa shape index (κ3) is 5.28. The molecule has 1 amide bonds. The van der Waals surface area contributed by atoms with Crippen LogP contribution in [0.25, 0.3) is 0 Å². The Kier molecular flexibility index (Phi) is 6.58. The molecule has 1 aromatic heterocycles. The fraction of sp³-hybridized carbons (Fsp3) is 0.227. The maximum absolute atomic E-state index is 12.5. The average Bonchev–Trinajstić information content (AvgIpc) is 3.22. The summed E-state index contributed by atoms with van der Waals surface area (Å²) in [6, 6.07) is 24.7. The molecule has 3 rings (SSSR count). The van der Waals surface area contributed by atoms with Crippen LogP contribution in [-0.4, -0.2) is 12.5 Å². The molecule has 2 atom stereocenters. The highest BCUT2D eigenvalue weighted by Gasteiger charge is 2.16. The minimum absolute atomic E-state index is 0.0122. The number of nitrogens with one attached hydrogen (secondary N) is 2. The molecule has 0 aliphatic heterocycles. The lowest BCUT2D eigenvalue weighted by Gasteiger charge is -2.20. The van der Waals surface area contributed by atoms with Crippen LogP contribution in [0.2, 0.25) is 0 Å². The number of hydrogen-bond acceptors (Lipinski definition) is 3. The lowest BCUT2D eigenvalue weighted by atomic mass is 9.99. The minimum Gasteiger partial charge on any atom is -0.348 e. The van der Waals surface area contributed by atoms with E-state index in [9.17, 15) is 4.79 Å². The Hall–Kier alpha value is -2.43. The lowest BCUT2D eigenvalue weighted by molar-refractivity contribution is -0.121. The van der Waals surface area contributed by atoms with E-state index in [0.29, 0.717) is 6.54 Å². The predicted octanol–water partition coefficient (Wildman–Crippen LogP) is 4.50. The highest BCUT2D eigenvalue weighted by Crippen LogP contribution is 2.19. The molecular weight excluding hydrogens is 340 g/mol. The first-order valence-electron chi connectivity index (χ1n) is 8.87. The van der Waals surface area contributed by atoms with Gasteiger partial charge in [-0.1, -0.05) is 66.7 Å². The van der Waals surface area contributed by atoms with Crippen molar-refractivity contribution in [2.75, 3.05) is 6.54 Å². The van der Waals surface area contributed by atoms with Crippen molar-refractivity contribution in [1.82, 2.24) is 10.6 Å². The van der Waals surface area contributed by atoms with Crippen LogP contribution in [-0.2, 0) is 11.2 Å². The summed E-state index contributed by atoms with van der Waals surface area (Å²) in [5.74, 6) is 0.0122. The Morgan fingerprint density at radius 2 is 1.65 bits per heavy atom. The number of carbonyl (C=O) groups is 1. The maximum Gasteiger partial charge on any atom is 0.234 e. The molecule has 0 bridgehead atoms. The van der Waals surface area contributed by atoms with Crippen LogP contribution in [0, 0.1) is 0 Å². The Morgan fingerprint density at radius 3 is 2.31 bits per heavy atom. The maximum atomic E-state index is 12.5. The van der Waals surface area contributed by atoms with E-state index in [2.05, 4.69) is 53.3 Å². The van der Waals surface area contributed by atoms with E-state index in [4.69, 9.17) is 0 Å². The lowest BCUT2D eigenvalue weighted by Crippen LogP contribution is -2.37. The number of thiophene rings is 1. The molecule has 0 fully saturated rings. The summed E-state index contributed by atoms with van der Waals surface area (Å²) in [6.45, 7) is 2.38. The second kappa shape index (κ2) is 9.32. The van der Waals surface area contributed by atoms with Crippen molar-refractivity contribution in [3.05, 3.63) is 94.2 Å². The van der Waals surface area contributed by atoms with E-state index >= 15 is 0 Å². The number of carbonyl (C=O) groups excluding carboxylic acids is 1. The van der Waals surface area contributed by atoms with Gasteiger partial charge in [0, 0.05) is 10.9 Å². The highest BCUT2D eigenvalue weighted by atomic mass is 32.1. The molecule has 3 nitrogen and oxygen atoms in total. The van der Waals surface area contributed by atoms with Gasteiger partial charge in [0.15, 0.2) is 0 Å². The first kappa shape index (κ1) is 18.4. The third-order valence-corrected chi connectivity index (χ3v) is 5.41. The number of rotatable bonds is 8. The van der Waals surface area contributed by atoms with Gasteiger partial charge in [0.2, 0.25) is 5.91 Å². The molecule has 0 aliphatic rings. The molecule has 1 heterocycles. The second-order valence-electron chi connectivity index (χ2n) is 6.34. The largest absolute Gasteiger partial charge is 0.348 e. The molecule has 2 N–H and O–H groups in total. The van der Waals surface area contributed by atoms with Gasteiger partial charge >= 0.3 is 0 Å². The molecule has 0 saturated carbocycles. The molecule has 0 aliphatic carbocycles. The molecule has 0 spiro atoms. The van der Waals surface area contributed by atoms with E-state index in [-0.39, 0.29) is 18.0 Å². The van der Waals surface area contributed by atoms with Crippen LogP contribution in [0.5, 0.6) is 0 Å². The third-order valence-electron chi connectivity index (χ3n) is 4.36. The van der Waals surface area contributed by atoms with Crippen molar-refractivity contribution < 1.29 is 4.79 Å². The molecule has 4 heteroatoms. The number of amides is 1. The Balaban J connectivity index is 1.62.